The van der Waals surface area contributed by atoms with Crippen LogP contribution >= 0.6 is 0 Å². The fraction of sp³-hybridized carbons (Fsp3) is 0.346. The van der Waals surface area contributed by atoms with Crippen LogP contribution in [0.1, 0.15) is 30.2 Å². The van der Waals surface area contributed by atoms with Gasteiger partial charge in [-0.25, -0.2) is 23.4 Å². The highest BCUT2D eigenvalue weighted by atomic mass is 32.2. The summed E-state index contributed by atoms with van der Waals surface area (Å²) in [7, 11) is 2.39. The second kappa shape index (κ2) is 11.7. The molecule has 0 amide bonds. The molecule has 12 nitrogen and oxygen atoms in total. The molecule has 0 radical (unpaired) electrons. The monoisotopic (exact) mass is 553 g/mol. The molecule has 0 saturated carbocycles. The molecule has 0 fully saturated rings. The number of para-hydroxylation sites is 1. The van der Waals surface area contributed by atoms with Crippen LogP contribution in [0.25, 0.3) is 17.2 Å². The van der Waals surface area contributed by atoms with Crippen molar-refractivity contribution < 1.29 is 22.6 Å². The van der Waals surface area contributed by atoms with Gasteiger partial charge in [0.05, 0.1) is 32.6 Å². The van der Waals surface area contributed by atoms with Gasteiger partial charge in [0.1, 0.15) is 34.5 Å². The Hall–Kier alpha value is -4.10. The van der Waals surface area contributed by atoms with Crippen LogP contribution in [-0.4, -0.2) is 71.8 Å². The van der Waals surface area contributed by atoms with E-state index in [0.29, 0.717) is 40.4 Å². The highest BCUT2D eigenvalue weighted by molar-refractivity contribution is 7.91. The largest absolute Gasteiger partial charge is 0.494 e. The second-order valence-corrected chi connectivity index (χ2v) is 11.1. The minimum Gasteiger partial charge on any atom is -0.494 e. The normalized spacial score (nSPS) is 13.1. The number of methoxy groups -OCH3 is 3. The highest BCUT2D eigenvalue weighted by Crippen LogP contribution is 2.37. The lowest BCUT2D eigenvalue weighted by Crippen LogP contribution is -2.36. The van der Waals surface area contributed by atoms with Gasteiger partial charge < -0.3 is 19.5 Å². The molecule has 13 heteroatoms. The minimum absolute atomic E-state index is 0.156. The summed E-state index contributed by atoms with van der Waals surface area (Å²) in [4.78, 5) is 13.2. The van der Waals surface area contributed by atoms with E-state index < -0.39 is 26.9 Å². The van der Waals surface area contributed by atoms with Crippen molar-refractivity contribution in [2.24, 2.45) is 0 Å². The summed E-state index contributed by atoms with van der Waals surface area (Å²) in [6.45, 7) is 3.49. The summed E-state index contributed by atoms with van der Waals surface area (Å²) in [6.07, 6.45) is 3.31. The predicted octanol–water partition coefficient (Wildman–Crippen LogP) is 2.72. The first-order chi connectivity index (χ1) is 18.7. The molecule has 0 aliphatic rings. The third kappa shape index (κ3) is 5.68. The van der Waals surface area contributed by atoms with Crippen LogP contribution in [0.4, 0.5) is 0 Å². The lowest BCUT2D eigenvalue weighted by molar-refractivity contribution is 0.390. The van der Waals surface area contributed by atoms with Gasteiger partial charge in [-0.15, -0.1) is 10.2 Å². The van der Waals surface area contributed by atoms with E-state index in [0.717, 1.165) is 5.56 Å². The van der Waals surface area contributed by atoms with E-state index in [1.807, 2.05) is 6.92 Å². The Kier molecular flexibility index (Phi) is 8.41. The number of hydrogen-bond donors (Lipinski definition) is 1. The van der Waals surface area contributed by atoms with Crippen molar-refractivity contribution in [2.75, 3.05) is 28.4 Å². The average molecular weight is 554 g/mol. The molecule has 0 spiro atoms. The molecule has 0 bridgehead atoms. The number of benzene rings is 1. The molecule has 206 valence electrons. The minimum atomic E-state index is -3.83. The van der Waals surface area contributed by atoms with Crippen LogP contribution in [0.2, 0.25) is 0 Å². The van der Waals surface area contributed by atoms with Crippen LogP contribution in [0, 0.1) is 6.92 Å². The SMILES string of the molecule is CN[C@H](c1ncc(C)cn1)[C@@H](C)S(=O)(=O)Cc1nnc(-c2cccc(OC)n2)n1-c1c(OC)cccc1OC. The van der Waals surface area contributed by atoms with Gasteiger partial charge in [-0.05, 0) is 44.7 Å². The molecule has 0 unspecified atom stereocenters. The standard InChI is InChI=1S/C26H31N7O5S/c1-16-13-28-25(29-14-16)23(27-3)17(2)39(34,35)15-21-31-32-26(18-9-7-12-22(30-18)38-6)33(21)24-19(36-4)10-8-11-20(24)37-5/h7-14,17,23,27H,15H2,1-6H3/t17-,23+/m1/s1. The molecule has 0 saturated heterocycles. The van der Waals surface area contributed by atoms with Gasteiger partial charge in [-0.2, -0.15) is 0 Å². The summed E-state index contributed by atoms with van der Waals surface area (Å²) in [5.41, 5.74) is 1.74. The fourth-order valence-electron chi connectivity index (χ4n) is 4.17. The van der Waals surface area contributed by atoms with Crippen molar-refractivity contribution in [3.8, 4) is 34.6 Å². The molecule has 0 aliphatic heterocycles. The van der Waals surface area contributed by atoms with E-state index in [2.05, 4.69) is 30.5 Å². The Labute approximate surface area is 227 Å². The molecular formula is C26H31N7O5S. The maximum absolute atomic E-state index is 13.8. The van der Waals surface area contributed by atoms with Crippen molar-refractivity contribution in [2.45, 2.75) is 30.9 Å². The lowest BCUT2D eigenvalue weighted by atomic mass is 10.2. The maximum Gasteiger partial charge on any atom is 0.213 e. The second-order valence-electron chi connectivity index (χ2n) is 8.75. The first-order valence-corrected chi connectivity index (χ1v) is 13.8. The van der Waals surface area contributed by atoms with Gasteiger partial charge in [-0.1, -0.05) is 12.1 Å². The van der Waals surface area contributed by atoms with Crippen molar-refractivity contribution >= 4 is 9.84 Å². The zero-order valence-electron chi connectivity index (χ0n) is 22.6. The summed E-state index contributed by atoms with van der Waals surface area (Å²) in [5.74, 6) is 1.64. The first-order valence-electron chi connectivity index (χ1n) is 12.1. The zero-order valence-corrected chi connectivity index (χ0v) is 23.4. The fourth-order valence-corrected chi connectivity index (χ4v) is 5.65. The van der Waals surface area contributed by atoms with Gasteiger partial charge >= 0.3 is 0 Å². The summed E-state index contributed by atoms with van der Waals surface area (Å²) < 4.78 is 45.7. The van der Waals surface area contributed by atoms with Gasteiger partial charge in [-0.3, -0.25) is 4.57 Å². The van der Waals surface area contributed by atoms with Crippen LogP contribution in [0.15, 0.2) is 48.8 Å². The Bertz CT molecular complexity index is 1520. The van der Waals surface area contributed by atoms with Crippen LogP contribution in [0.5, 0.6) is 17.4 Å². The van der Waals surface area contributed by atoms with Gasteiger partial charge in [0.2, 0.25) is 5.88 Å². The van der Waals surface area contributed by atoms with E-state index in [1.165, 1.54) is 21.3 Å². The van der Waals surface area contributed by atoms with Crippen molar-refractivity contribution in [3.63, 3.8) is 0 Å². The van der Waals surface area contributed by atoms with Gasteiger partial charge in [0.25, 0.3) is 0 Å². The van der Waals surface area contributed by atoms with E-state index >= 15 is 0 Å². The zero-order chi connectivity index (χ0) is 28.2. The Morgan fingerprint density at radius 2 is 1.59 bits per heavy atom. The first kappa shape index (κ1) is 27.9. The van der Waals surface area contributed by atoms with Gasteiger partial charge in [0.15, 0.2) is 21.5 Å². The molecule has 39 heavy (non-hydrogen) atoms. The molecule has 4 aromatic rings. The molecule has 0 aliphatic carbocycles. The number of ether oxygens (including phenoxy) is 3. The summed E-state index contributed by atoms with van der Waals surface area (Å²) in [6, 6.07) is 9.81. The number of pyridine rings is 1. The molecule has 4 rings (SSSR count). The lowest BCUT2D eigenvalue weighted by Gasteiger charge is -2.23. The number of aromatic nitrogens is 6. The number of aryl methyl sites for hydroxylation is 1. The molecular weight excluding hydrogens is 522 g/mol. The van der Waals surface area contributed by atoms with E-state index in [4.69, 9.17) is 14.2 Å². The molecule has 2 atom stereocenters. The topological polar surface area (TPSA) is 143 Å². The number of hydrogen-bond acceptors (Lipinski definition) is 11. The van der Waals surface area contributed by atoms with E-state index in [9.17, 15) is 8.42 Å². The number of rotatable bonds is 11. The Morgan fingerprint density at radius 1 is 0.949 bits per heavy atom. The Balaban J connectivity index is 1.85. The van der Waals surface area contributed by atoms with Crippen molar-refractivity contribution in [1.29, 1.82) is 0 Å². The average Bonchev–Trinajstić information content (AvgIpc) is 3.35. The van der Waals surface area contributed by atoms with Crippen LogP contribution < -0.4 is 19.5 Å². The maximum atomic E-state index is 13.8. The molecule has 3 aromatic heterocycles. The summed E-state index contributed by atoms with van der Waals surface area (Å²) in [5, 5.41) is 10.8. The van der Waals surface area contributed by atoms with Crippen LogP contribution in [-0.2, 0) is 15.6 Å². The number of nitrogens with zero attached hydrogens (tertiary/aromatic N) is 6. The summed E-state index contributed by atoms with van der Waals surface area (Å²) >= 11 is 0. The predicted molar refractivity (Wildman–Crippen MR) is 145 cm³/mol. The number of nitrogens with one attached hydrogen (secondary N) is 1. The smallest absolute Gasteiger partial charge is 0.213 e. The molecule has 1 aromatic carbocycles. The van der Waals surface area contributed by atoms with E-state index in [-0.39, 0.29) is 5.82 Å². The van der Waals surface area contributed by atoms with Gasteiger partial charge in [0, 0.05) is 18.5 Å². The quantitative estimate of drug-likeness (QED) is 0.293. The highest BCUT2D eigenvalue weighted by Gasteiger charge is 2.34. The molecule has 3 heterocycles. The van der Waals surface area contributed by atoms with Crippen LogP contribution in [0.3, 0.4) is 0 Å². The van der Waals surface area contributed by atoms with E-state index in [1.54, 1.807) is 67.3 Å². The third-order valence-corrected chi connectivity index (χ3v) is 8.34. The van der Waals surface area contributed by atoms with Crippen molar-refractivity contribution in [3.05, 3.63) is 66.0 Å². The molecule has 1 N–H and O–H groups in total. The van der Waals surface area contributed by atoms with Crippen molar-refractivity contribution in [1.82, 2.24) is 35.0 Å². The Morgan fingerprint density at radius 3 is 2.18 bits per heavy atom. The number of sulfone groups is 1. The third-order valence-electron chi connectivity index (χ3n) is 6.27.